The van der Waals surface area contributed by atoms with Crippen LogP contribution in [0.2, 0.25) is 0 Å². The van der Waals surface area contributed by atoms with Gasteiger partial charge in [-0.05, 0) is 24.3 Å². The van der Waals surface area contributed by atoms with Crippen molar-refractivity contribution in [3.8, 4) is 17.2 Å². The van der Waals surface area contributed by atoms with Crippen LogP contribution in [-0.2, 0) is 4.74 Å². The number of para-hydroxylation sites is 1. The Morgan fingerprint density at radius 2 is 1.52 bits per heavy atom. The van der Waals surface area contributed by atoms with Crippen LogP contribution in [0, 0.1) is 0 Å². The number of phenols is 1. The molecular formula is C17H18O6. The van der Waals surface area contributed by atoms with Crippen LogP contribution in [0.5, 0.6) is 17.2 Å². The molecule has 0 unspecified atom stereocenters. The molecule has 122 valence electrons. The molecule has 0 saturated heterocycles. The van der Waals surface area contributed by atoms with Gasteiger partial charge in [0.25, 0.3) is 0 Å². The molecular weight excluding hydrogens is 300 g/mol. The van der Waals surface area contributed by atoms with Crippen LogP contribution >= 0.6 is 0 Å². The van der Waals surface area contributed by atoms with E-state index in [0.29, 0.717) is 25.6 Å². The van der Waals surface area contributed by atoms with Crippen molar-refractivity contribution in [1.29, 1.82) is 0 Å². The zero-order valence-electron chi connectivity index (χ0n) is 12.5. The molecule has 0 aromatic heterocycles. The van der Waals surface area contributed by atoms with E-state index in [1.807, 2.05) is 30.3 Å². The van der Waals surface area contributed by atoms with Gasteiger partial charge in [-0.15, -0.1) is 0 Å². The van der Waals surface area contributed by atoms with E-state index in [1.165, 1.54) is 18.2 Å². The highest BCUT2D eigenvalue weighted by Gasteiger charge is 2.09. The SMILES string of the molecule is O=C(O)c1ccc(OCCOCCOc2ccccc2)cc1O. The maximum absolute atomic E-state index is 10.8. The van der Waals surface area contributed by atoms with Crippen LogP contribution in [0.15, 0.2) is 48.5 Å². The van der Waals surface area contributed by atoms with Crippen molar-refractivity contribution in [2.75, 3.05) is 26.4 Å². The van der Waals surface area contributed by atoms with Crippen molar-refractivity contribution in [1.82, 2.24) is 0 Å². The highest BCUT2D eigenvalue weighted by molar-refractivity contribution is 5.90. The van der Waals surface area contributed by atoms with Crippen LogP contribution in [-0.4, -0.2) is 42.6 Å². The standard InChI is InChI=1S/C17H18O6/c18-16-12-14(6-7-15(16)17(19)20)23-11-9-21-8-10-22-13-4-2-1-3-5-13/h1-7,12,18H,8-11H2,(H,19,20). The van der Waals surface area contributed by atoms with Crippen LogP contribution in [0.3, 0.4) is 0 Å². The van der Waals surface area contributed by atoms with E-state index in [2.05, 4.69) is 0 Å². The molecule has 0 aliphatic rings. The number of hydrogen-bond acceptors (Lipinski definition) is 5. The molecule has 2 aromatic rings. The second kappa shape index (κ2) is 8.65. The Hall–Kier alpha value is -2.73. The van der Waals surface area contributed by atoms with Gasteiger partial charge in [0, 0.05) is 6.07 Å². The first-order valence-electron chi connectivity index (χ1n) is 7.11. The monoisotopic (exact) mass is 318 g/mol. The number of aromatic hydroxyl groups is 1. The predicted molar refractivity (Wildman–Crippen MR) is 83.3 cm³/mol. The van der Waals surface area contributed by atoms with Gasteiger partial charge < -0.3 is 24.4 Å². The van der Waals surface area contributed by atoms with Crippen molar-refractivity contribution < 1.29 is 29.2 Å². The quantitative estimate of drug-likeness (QED) is 0.691. The summed E-state index contributed by atoms with van der Waals surface area (Å²) in [4.78, 5) is 10.8. The number of rotatable bonds is 9. The minimum Gasteiger partial charge on any atom is -0.507 e. The second-order valence-electron chi connectivity index (χ2n) is 4.61. The summed E-state index contributed by atoms with van der Waals surface area (Å²) in [6, 6.07) is 13.5. The van der Waals surface area contributed by atoms with Gasteiger partial charge in [-0.3, -0.25) is 0 Å². The van der Waals surface area contributed by atoms with Gasteiger partial charge >= 0.3 is 5.97 Å². The third-order valence-corrected chi connectivity index (χ3v) is 2.94. The van der Waals surface area contributed by atoms with Crippen molar-refractivity contribution in [3.63, 3.8) is 0 Å². The number of carboxylic acids is 1. The third kappa shape index (κ3) is 5.52. The number of hydrogen-bond donors (Lipinski definition) is 2. The fraction of sp³-hybridized carbons (Fsp3) is 0.235. The minimum atomic E-state index is -1.18. The van der Waals surface area contributed by atoms with Crippen LogP contribution < -0.4 is 9.47 Å². The van der Waals surface area contributed by atoms with E-state index >= 15 is 0 Å². The van der Waals surface area contributed by atoms with Gasteiger partial charge in [0.15, 0.2) is 0 Å². The lowest BCUT2D eigenvalue weighted by Crippen LogP contribution is -2.12. The first-order chi connectivity index (χ1) is 11.2. The molecule has 0 amide bonds. The predicted octanol–water partition coefficient (Wildman–Crippen LogP) is 2.56. The molecule has 0 heterocycles. The molecule has 2 N–H and O–H groups in total. The molecule has 0 radical (unpaired) electrons. The number of carboxylic acid groups (broad SMARTS) is 1. The van der Waals surface area contributed by atoms with Crippen LogP contribution in [0.1, 0.15) is 10.4 Å². The summed E-state index contributed by atoms with van der Waals surface area (Å²) in [5.41, 5.74) is -0.160. The molecule has 0 bridgehead atoms. The zero-order valence-corrected chi connectivity index (χ0v) is 12.5. The Bertz CT molecular complexity index is 626. The number of ether oxygens (including phenoxy) is 3. The van der Waals surface area contributed by atoms with Gasteiger partial charge in [0.1, 0.15) is 36.0 Å². The maximum Gasteiger partial charge on any atom is 0.339 e. The Kier molecular flexibility index (Phi) is 6.26. The lowest BCUT2D eigenvalue weighted by Gasteiger charge is -2.09. The molecule has 0 saturated carbocycles. The third-order valence-electron chi connectivity index (χ3n) is 2.94. The van der Waals surface area contributed by atoms with Crippen molar-refractivity contribution in [2.24, 2.45) is 0 Å². The Balaban J connectivity index is 1.60. The molecule has 6 heteroatoms. The smallest absolute Gasteiger partial charge is 0.339 e. The van der Waals surface area contributed by atoms with Crippen molar-refractivity contribution in [2.45, 2.75) is 0 Å². The molecule has 6 nitrogen and oxygen atoms in total. The van der Waals surface area contributed by atoms with Crippen molar-refractivity contribution in [3.05, 3.63) is 54.1 Å². The highest BCUT2D eigenvalue weighted by atomic mass is 16.5. The largest absolute Gasteiger partial charge is 0.507 e. The first kappa shape index (κ1) is 16.6. The van der Waals surface area contributed by atoms with Crippen LogP contribution in [0.25, 0.3) is 0 Å². The van der Waals surface area contributed by atoms with E-state index < -0.39 is 5.97 Å². The topological polar surface area (TPSA) is 85.2 Å². The van der Waals surface area contributed by atoms with Gasteiger partial charge in [0.2, 0.25) is 0 Å². The van der Waals surface area contributed by atoms with Gasteiger partial charge in [-0.2, -0.15) is 0 Å². The Labute approximate surface area is 133 Å². The average molecular weight is 318 g/mol. The Morgan fingerprint density at radius 3 is 2.13 bits per heavy atom. The molecule has 0 aliphatic heterocycles. The lowest BCUT2D eigenvalue weighted by atomic mass is 10.2. The molecule has 0 fully saturated rings. The summed E-state index contributed by atoms with van der Waals surface area (Å²) < 4.78 is 16.2. The normalized spacial score (nSPS) is 10.3. The minimum absolute atomic E-state index is 0.160. The van der Waals surface area contributed by atoms with Crippen molar-refractivity contribution >= 4 is 5.97 Å². The number of benzene rings is 2. The molecule has 0 spiro atoms. The van der Waals surface area contributed by atoms with E-state index in [1.54, 1.807) is 0 Å². The van der Waals surface area contributed by atoms with Gasteiger partial charge in [-0.1, -0.05) is 18.2 Å². The first-order valence-corrected chi connectivity index (χ1v) is 7.11. The fourth-order valence-electron chi connectivity index (χ4n) is 1.84. The average Bonchev–Trinajstić information content (AvgIpc) is 2.54. The second-order valence-corrected chi connectivity index (χ2v) is 4.61. The van der Waals surface area contributed by atoms with E-state index in [4.69, 9.17) is 19.3 Å². The summed E-state index contributed by atoms with van der Waals surface area (Å²) in [5, 5.41) is 18.3. The highest BCUT2D eigenvalue weighted by Crippen LogP contribution is 2.23. The van der Waals surface area contributed by atoms with E-state index in [0.717, 1.165) is 5.75 Å². The Morgan fingerprint density at radius 1 is 0.870 bits per heavy atom. The molecule has 2 aromatic carbocycles. The van der Waals surface area contributed by atoms with E-state index in [9.17, 15) is 9.90 Å². The summed E-state index contributed by atoms with van der Waals surface area (Å²) in [6.07, 6.45) is 0. The lowest BCUT2D eigenvalue weighted by molar-refractivity contribution is 0.0693. The molecule has 0 atom stereocenters. The molecule has 23 heavy (non-hydrogen) atoms. The summed E-state index contributed by atoms with van der Waals surface area (Å²) in [5.74, 6) is -0.332. The number of carbonyl (C=O) groups is 1. The van der Waals surface area contributed by atoms with Gasteiger partial charge in [-0.25, -0.2) is 4.79 Å². The maximum atomic E-state index is 10.8. The molecule has 2 rings (SSSR count). The van der Waals surface area contributed by atoms with Crippen LogP contribution in [0.4, 0.5) is 0 Å². The fourth-order valence-corrected chi connectivity index (χ4v) is 1.84. The summed E-state index contributed by atoms with van der Waals surface area (Å²) in [6.45, 7) is 1.52. The zero-order chi connectivity index (χ0) is 16.5. The number of aromatic carboxylic acids is 1. The van der Waals surface area contributed by atoms with Gasteiger partial charge in [0.05, 0.1) is 13.2 Å². The van der Waals surface area contributed by atoms with E-state index in [-0.39, 0.29) is 17.9 Å². The summed E-state index contributed by atoms with van der Waals surface area (Å²) in [7, 11) is 0. The summed E-state index contributed by atoms with van der Waals surface area (Å²) >= 11 is 0. The molecule has 0 aliphatic carbocycles.